The van der Waals surface area contributed by atoms with Crippen molar-refractivity contribution in [1.29, 1.82) is 0 Å². The summed E-state index contributed by atoms with van der Waals surface area (Å²) in [6.07, 6.45) is 1.98. The van der Waals surface area contributed by atoms with Crippen molar-refractivity contribution in [3.8, 4) is 0 Å². The highest BCUT2D eigenvalue weighted by Crippen LogP contribution is 2.37. The highest BCUT2D eigenvalue weighted by molar-refractivity contribution is 9.10. The minimum Gasteiger partial charge on any atom is -0.341 e. The Morgan fingerprint density at radius 1 is 1.47 bits per heavy atom. The van der Waals surface area contributed by atoms with Gasteiger partial charge in [-0.05, 0) is 24.6 Å². The third-order valence-electron chi connectivity index (χ3n) is 3.19. The quantitative estimate of drug-likeness (QED) is 0.925. The molecule has 1 N–H and O–H groups in total. The monoisotopic (exact) mass is 324 g/mol. The zero-order valence-electron chi connectivity index (χ0n) is 11.1. The molecule has 0 fully saturated rings. The molecule has 1 aliphatic rings. The average Bonchev–Trinajstić information content (AvgIpc) is 2.60. The van der Waals surface area contributed by atoms with Gasteiger partial charge in [0, 0.05) is 29.2 Å². The summed E-state index contributed by atoms with van der Waals surface area (Å²) < 4.78 is 0.909. The molecule has 0 radical (unpaired) electrons. The van der Waals surface area contributed by atoms with Crippen molar-refractivity contribution >= 4 is 33.4 Å². The first-order valence-electron chi connectivity index (χ1n) is 6.42. The largest absolute Gasteiger partial charge is 0.341 e. The predicted molar refractivity (Wildman–Crippen MR) is 78.0 cm³/mol. The van der Waals surface area contributed by atoms with Crippen LogP contribution in [0.5, 0.6) is 0 Å². The van der Waals surface area contributed by atoms with Crippen LogP contribution in [0.2, 0.25) is 0 Å². The summed E-state index contributed by atoms with van der Waals surface area (Å²) in [7, 11) is 0. The summed E-state index contributed by atoms with van der Waals surface area (Å²) in [5.41, 5.74) is 1.77. The van der Waals surface area contributed by atoms with Crippen molar-refractivity contribution in [1.82, 2.24) is 5.32 Å². The van der Waals surface area contributed by atoms with Crippen molar-refractivity contribution in [3.05, 3.63) is 28.2 Å². The molecule has 0 spiro atoms. The van der Waals surface area contributed by atoms with Crippen LogP contribution in [0.3, 0.4) is 0 Å². The van der Waals surface area contributed by atoms with Gasteiger partial charge >= 0.3 is 0 Å². The number of halogens is 1. The van der Waals surface area contributed by atoms with E-state index in [4.69, 9.17) is 0 Å². The number of benzene rings is 1. The molecule has 4 nitrogen and oxygen atoms in total. The molecule has 0 aromatic heterocycles. The van der Waals surface area contributed by atoms with Gasteiger partial charge < -0.3 is 10.2 Å². The lowest BCUT2D eigenvalue weighted by molar-refractivity contribution is -0.126. The Balaban J connectivity index is 2.36. The second-order valence-corrected chi connectivity index (χ2v) is 5.60. The zero-order chi connectivity index (χ0) is 14.0. The first kappa shape index (κ1) is 14.1. The van der Waals surface area contributed by atoms with Crippen LogP contribution < -0.4 is 10.2 Å². The van der Waals surface area contributed by atoms with Crippen LogP contribution in [0.15, 0.2) is 22.7 Å². The third kappa shape index (κ3) is 2.81. The molecule has 0 aliphatic carbocycles. The van der Waals surface area contributed by atoms with Crippen LogP contribution in [0, 0.1) is 0 Å². The molecular formula is C14H17BrN2O2. The van der Waals surface area contributed by atoms with Gasteiger partial charge in [0.25, 0.3) is 5.91 Å². The van der Waals surface area contributed by atoms with E-state index in [1.54, 1.807) is 4.90 Å². The highest BCUT2D eigenvalue weighted by Gasteiger charge is 2.37. The van der Waals surface area contributed by atoms with Crippen molar-refractivity contribution in [2.45, 2.75) is 32.7 Å². The standard InChI is InChI=1S/C14H17BrN2O2/c1-3-4-7-17-12-6-5-10(15)8-11(12)13(14(17)19)16-9(2)18/h5-6,8,13H,3-4,7H2,1-2H3,(H,16,18)/t13-/m1/s1. The van der Waals surface area contributed by atoms with Crippen molar-refractivity contribution in [2.24, 2.45) is 0 Å². The average molecular weight is 325 g/mol. The summed E-state index contributed by atoms with van der Waals surface area (Å²) in [5.74, 6) is -0.238. The van der Waals surface area contributed by atoms with Gasteiger partial charge in [0.2, 0.25) is 5.91 Å². The van der Waals surface area contributed by atoms with Crippen molar-refractivity contribution < 1.29 is 9.59 Å². The fourth-order valence-electron chi connectivity index (χ4n) is 2.30. The Labute approximate surface area is 121 Å². The van der Waals surface area contributed by atoms with Crippen LogP contribution >= 0.6 is 15.9 Å². The summed E-state index contributed by atoms with van der Waals surface area (Å²) in [6, 6.07) is 5.19. The Morgan fingerprint density at radius 2 is 2.21 bits per heavy atom. The smallest absolute Gasteiger partial charge is 0.254 e. The van der Waals surface area contributed by atoms with Gasteiger partial charge in [0.15, 0.2) is 0 Å². The van der Waals surface area contributed by atoms with Gasteiger partial charge in [0.1, 0.15) is 6.04 Å². The normalized spacial score (nSPS) is 17.5. The molecule has 2 amide bonds. The molecular weight excluding hydrogens is 308 g/mol. The number of hydrogen-bond acceptors (Lipinski definition) is 2. The fraction of sp³-hybridized carbons (Fsp3) is 0.429. The number of rotatable bonds is 4. The summed E-state index contributed by atoms with van der Waals surface area (Å²) in [5, 5.41) is 2.73. The molecule has 1 aromatic carbocycles. The van der Waals surface area contributed by atoms with E-state index in [2.05, 4.69) is 28.2 Å². The number of anilines is 1. The maximum absolute atomic E-state index is 12.4. The number of carbonyl (C=O) groups excluding carboxylic acids is 2. The summed E-state index contributed by atoms with van der Waals surface area (Å²) in [6.45, 7) is 4.22. The Morgan fingerprint density at radius 3 is 2.84 bits per heavy atom. The second kappa shape index (κ2) is 5.74. The molecule has 1 aliphatic heterocycles. The molecule has 19 heavy (non-hydrogen) atoms. The van der Waals surface area contributed by atoms with E-state index in [-0.39, 0.29) is 11.8 Å². The molecule has 0 saturated heterocycles. The zero-order valence-corrected chi connectivity index (χ0v) is 12.7. The Hall–Kier alpha value is -1.36. The SMILES string of the molecule is CCCCN1C(=O)[C@H](NC(C)=O)c2cc(Br)ccc21. The lowest BCUT2D eigenvalue weighted by Gasteiger charge is -2.17. The maximum Gasteiger partial charge on any atom is 0.254 e. The Kier molecular flexibility index (Phi) is 4.24. The third-order valence-corrected chi connectivity index (χ3v) is 3.68. The van der Waals surface area contributed by atoms with Crippen LogP contribution in [-0.4, -0.2) is 18.4 Å². The first-order valence-corrected chi connectivity index (χ1v) is 7.21. The summed E-state index contributed by atoms with van der Waals surface area (Å²) in [4.78, 5) is 25.4. The number of fused-ring (bicyclic) bond motifs is 1. The molecule has 1 heterocycles. The van der Waals surface area contributed by atoms with Gasteiger partial charge in [0.05, 0.1) is 0 Å². The molecule has 102 valence electrons. The molecule has 0 unspecified atom stereocenters. The number of unbranched alkanes of at least 4 members (excludes halogenated alkanes) is 1. The number of hydrogen-bond donors (Lipinski definition) is 1. The summed E-state index contributed by atoms with van der Waals surface area (Å²) >= 11 is 3.41. The van der Waals surface area contributed by atoms with Crippen LogP contribution in [0.1, 0.15) is 38.3 Å². The van der Waals surface area contributed by atoms with Gasteiger partial charge in [-0.2, -0.15) is 0 Å². The van der Waals surface area contributed by atoms with Gasteiger partial charge in [-0.15, -0.1) is 0 Å². The van der Waals surface area contributed by atoms with Crippen LogP contribution in [0.4, 0.5) is 5.69 Å². The van der Waals surface area contributed by atoms with Gasteiger partial charge in [-0.3, -0.25) is 9.59 Å². The second-order valence-electron chi connectivity index (χ2n) is 4.68. The Bertz CT molecular complexity index is 516. The van der Waals surface area contributed by atoms with Crippen molar-refractivity contribution in [3.63, 3.8) is 0 Å². The van der Waals surface area contributed by atoms with Crippen LogP contribution in [-0.2, 0) is 9.59 Å². The highest BCUT2D eigenvalue weighted by atomic mass is 79.9. The first-order chi connectivity index (χ1) is 9.04. The maximum atomic E-state index is 12.4. The van der Waals surface area contributed by atoms with E-state index >= 15 is 0 Å². The van der Waals surface area contributed by atoms with E-state index in [0.29, 0.717) is 6.54 Å². The lowest BCUT2D eigenvalue weighted by atomic mass is 10.1. The van der Waals surface area contributed by atoms with E-state index in [9.17, 15) is 9.59 Å². The topological polar surface area (TPSA) is 49.4 Å². The lowest BCUT2D eigenvalue weighted by Crippen LogP contribution is -2.37. The molecule has 1 aromatic rings. The minimum absolute atomic E-state index is 0.0447. The molecule has 0 saturated carbocycles. The predicted octanol–water partition coefficient (Wildman–Crippen LogP) is 2.77. The van der Waals surface area contributed by atoms with Gasteiger partial charge in [-0.25, -0.2) is 0 Å². The van der Waals surface area contributed by atoms with E-state index in [1.165, 1.54) is 6.92 Å². The number of nitrogens with zero attached hydrogens (tertiary/aromatic N) is 1. The molecule has 1 atom stereocenters. The number of nitrogens with one attached hydrogen (secondary N) is 1. The van der Waals surface area contributed by atoms with E-state index in [0.717, 1.165) is 28.6 Å². The van der Waals surface area contributed by atoms with E-state index in [1.807, 2.05) is 18.2 Å². The minimum atomic E-state index is -0.554. The number of carbonyl (C=O) groups is 2. The van der Waals surface area contributed by atoms with Crippen LogP contribution in [0.25, 0.3) is 0 Å². The van der Waals surface area contributed by atoms with E-state index < -0.39 is 6.04 Å². The molecule has 0 bridgehead atoms. The number of amides is 2. The fourth-order valence-corrected chi connectivity index (χ4v) is 2.68. The van der Waals surface area contributed by atoms with Crippen molar-refractivity contribution in [2.75, 3.05) is 11.4 Å². The molecule has 2 rings (SSSR count). The molecule has 5 heteroatoms. The van der Waals surface area contributed by atoms with Gasteiger partial charge in [-0.1, -0.05) is 29.3 Å².